The SMILES string of the molecule is CCN(CC)c1nc(N/N=C/C(C)=C/C=C/C=C(C)/C=N/Nc2nc(N(CC)CC)nc(N(CC)CC)n2)nc(N(CC)CC)n1. The van der Waals surface area contributed by atoms with E-state index in [0.29, 0.717) is 35.7 Å². The van der Waals surface area contributed by atoms with Crippen LogP contribution >= 0.6 is 0 Å². The molecule has 0 unspecified atom stereocenters. The van der Waals surface area contributed by atoms with E-state index in [1.807, 2.05) is 38.2 Å². The van der Waals surface area contributed by atoms with E-state index in [0.717, 1.165) is 63.5 Å². The smallest absolute Gasteiger partial charge is 0.250 e. The average molecular weight is 635 g/mol. The number of rotatable bonds is 20. The minimum Gasteiger partial charge on any atom is -0.341 e. The van der Waals surface area contributed by atoms with Gasteiger partial charge in [-0.1, -0.05) is 24.3 Å². The highest BCUT2D eigenvalue weighted by atomic mass is 15.4. The van der Waals surface area contributed by atoms with Crippen molar-refractivity contribution in [2.75, 3.05) is 82.8 Å². The van der Waals surface area contributed by atoms with Crippen molar-refractivity contribution >= 4 is 48.1 Å². The summed E-state index contributed by atoms with van der Waals surface area (Å²) in [5, 5.41) is 8.70. The Kier molecular flexibility index (Phi) is 16.7. The summed E-state index contributed by atoms with van der Waals surface area (Å²) in [6.45, 7) is 27.1. The number of hydrogen-bond donors (Lipinski definition) is 2. The average Bonchev–Trinajstić information content (AvgIpc) is 3.05. The van der Waals surface area contributed by atoms with Gasteiger partial charge < -0.3 is 19.6 Å². The van der Waals surface area contributed by atoms with E-state index in [1.165, 1.54) is 0 Å². The van der Waals surface area contributed by atoms with E-state index >= 15 is 0 Å². The zero-order chi connectivity index (χ0) is 33.9. The highest BCUT2D eigenvalue weighted by Gasteiger charge is 2.15. The Morgan fingerprint density at radius 2 is 0.739 bits per heavy atom. The maximum Gasteiger partial charge on any atom is 0.250 e. The van der Waals surface area contributed by atoms with Crippen molar-refractivity contribution in [3.8, 4) is 0 Å². The number of hydrogen-bond acceptors (Lipinski definition) is 14. The molecule has 0 aliphatic rings. The summed E-state index contributed by atoms with van der Waals surface area (Å²) >= 11 is 0. The molecule has 2 N–H and O–H groups in total. The molecule has 2 aromatic heterocycles. The number of nitrogens with one attached hydrogen (secondary N) is 2. The van der Waals surface area contributed by atoms with Gasteiger partial charge in [0.05, 0.1) is 12.4 Å². The number of hydrazone groups is 2. The lowest BCUT2D eigenvalue weighted by atomic mass is 10.2. The Hall–Kier alpha value is -4.62. The lowest BCUT2D eigenvalue weighted by Gasteiger charge is -2.23. The number of allylic oxidation sites excluding steroid dienone is 6. The summed E-state index contributed by atoms with van der Waals surface area (Å²) in [4.78, 5) is 36.0. The largest absolute Gasteiger partial charge is 0.341 e. The van der Waals surface area contributed by atoms with Crippen molar-refractivity contribution < 1.29 is 0 Å². The van der Waals surface area contributed by atoms with E-state index in [-0.39, 0.29) is 0 Å². The van der Waals surface area contributed by atoms with Crippen LogP contribution in [0, 0.1) is 0 Å². The number of nitrogens with zero attached hydrogens (tertiary/aromatic N) is 12. The zero-order valence-electron chi connectivity index (χ0n) is 29.5. The highest BCUT2D eigenvalue weighted by Crippen LogP contribution is 2.18. The van der Waals surface area contributed by atoms with Gasteiger partial charge in [0.2, 0.25) is 35.7 Å². The summed E-state index contributed by atoms with van der Waals surface area (Å²) in [5.74, 6) is 3.37. The molecule has 0 spiro atoms. The molecule has 0 amide bonds. The van der Waals surface area contributed by atoms with E-state index < -0.39 is 0 Å². The number of aromatic nitrogens is 6. The minimum absolute atomic E-state index is 0.413. The molecule has 0 radical (unpaired) electrons. The molecule has 0 saturated heterocycles. The van der Waals surface area contributed by atoms with Crippen LogP contribution in [0.15, 0.2) is 45.7 Å². The Bertz CT molecular complexity index is 1170. The van der Waals surface area contributed by atoms with Crippen LogP contribution in [0.25, 0.3) is 0 Å². The normalized spacial score (nSPS) is 12.4. The fourth-order valence-corrected chi connectivity index (χ4v) is 4.28. The maximum atomic E-state index is 4.68. The molecule has 0 aromatic carbocycles. The Morgan fingerprint density at radius 1 is 0.478 bits per heavy atom. The van der Waals surface area contributed by atoms with Crippen LogP contribution in [0.1, 0.15) is 69.2 Å². The molecule has 0 aliphatic carbocycles. The van der Waals surface area contributed by atoms with Gasteiger partial charge in [-0.05, 0) is 80.4 Å². The first-order valence-corrected chi connectivity index (χ1v) is 16.4. The van der Waals surface area contributed by atoms with E-state index in [2.05, 4.69) is 126 Å². The Labute approximate surface area is 275 Å². The monoisotopic (exact) mass is 634 g/mol. The van der Waals surface area contributed by atoms with Crippen LogP contribution in [0.2, 0.25) is 0 Å². The van der Waals surface area contributed by atoms with Gasteiger partial charge in [0, 0.05) is 52.4 Å². The second-order valence-corrected chi connectivity index (χ2v) is 10.2. The van der Waals surface area contributed by atoms with Crippen molar-refractivity contribution in [2.45, 2.75) is 69.2 Å². The van der Waals surface area contributed by atoms with Crippen LogP contribution in [-0.4, -0.2) is 94.7 Å². The van der Waals surface area contributed by atoms with Crippen molar-refractivity contribution in [3.63, 3.8) is 0 Å². The molecule has 14 heteroatoms. The second kappa shape index (κ2) is 20.4. The Balaban J connectivity index is 2.06. The fourth-order valence-electron chi connectivity index (χ4n) is 4.28. The van der Waals surface area contributed by atoms with Crippen LogP contribution < -0.4 is 30.5 Å². The van der Waals surface area contributed by atoms with Crippen molar-refractivity contribution in [2.24, 2.45) is 10.2 Å². The minimum atomic E-state index is 0.413. The summed E-state index contributed by atoms with van der Waals surface area (Å²) in [6.07, 6.45) is 11.3. The third kappa shape index (κ3) is 11.7. The molecular formula is C32H54N14. The lowest BCUT2D eigenvalue weighted by molar-refractivity contribution is 0.777. The third-order valence-corrected chi connectivity index (χ3v) is 7.10. The molecule has 252 valence electrons. The van der Waals surface area contributed by atoms with Gasteiger partial charge in [-0.25, -0.2) is 10.9 Å². The molecule has 2 heterocycles. The zero-order valence-corrected chi connectivity index (χ0v) is 29.5. The van der Waals surface area contributed by atoms with Crippen LogP contribution in [-0.2, 0) is 0 Å². The number of anilines is 6. The van der Waals surface area contributed by atoms with Crippen LogP contribution in [0.4, 0.5) is 35.7 Å². The van der Waals surface area contributed by atoms with Crippen molar-refractivity contribution in [3.05, 3.63) is 35.5 Å². The van der Waals surface area contributed by atoms with Gasteiger partial charge in [0.15, 0.2) is 0 Å². The maximum absolute atomic E-state index is 4.68. The molecular weight excluding hydrogens is 580 g/mol. The summed E-state index contributed by atoms with van der Waals surface area (Å²) < 4.78 is 0. The first-order valence-electron chi connectivity index (χ1n) is 16.4. The molecule has 0 bridgehead atoms. The van der Waals surface area contributed by atoms with Gasteiger partial charge >= 0.3 is 0 Å². The van der Waals surface area contributed by atoms with Crippen LogP contribution in [0.5, 0.6) is 0 Å². The van der Waals surface area contributed by atoms with Gasteiger partial charge in [-0.3, -0.25) is 0 Å². The first-order chi connectivity index (χ1) is 22.3. The second-order valence-electron chi connectivity index (χ2n) is 10.2. The van der Waals surface area contributed by atoms with Crippen molar-refractivity contribution in [1.29, 1.82) is 0 Å². The molecule has 2 aromatic rings. The molecule has 0 aliphatic heterocycles. The van der Waals surface area contributed by atoms with Crippen molar-refractivity contribution in [1.82, 2.24) is 29.9 Å². The molecule has 2 rings (SSSR count). The van der Waals surface area contributed by atoms with Gasteiger partial charge in [0.25, 0.3) is 0 Å². The predicted octanol–water partition coefficient (Wildman–Crippen LogP) is 5.39. The summed E-state index contributed by atoms with van der Waals surface area (Å²) in [7, 11) is 0. The predicted molar refractivity (Wildman–Crippen MR) is 195 cm³/mol. The van der Waals surface area contributed by atoms with Gasteiger partial charge in [0.1, 0.15) is 0 Å². The molecule has 0 fully saturated rings. The molecule has 46 heavy (non-hydrogen) atoms. The standard InChI is InChI=1S/C32H54N14/c1-11-43(12-2)29-35-27(36-30(39-29)44(13-3)14-4)41-33-23-25(9)21-19-20-22-26(10)24-34-42-28-37-31(45(15-5)16-6)40-32(38-28)46(17-7)18-8/h19-24H,11-18H2,1-10H3,(H,35,36,39,41)(H,37,38,40,42)/b20-19+,25-21+,26-22+,33-23+,34-24+. The third-order valence-electron chi connectivity index (χ3n) is 7.10. The first kappa shape index (κ1) is 37.6. The summed E-state index contributed by atoms with van der Waals surface area (Å²) in [5.41, 5.74) is 7.85. The van der Waals surface area contributed by atoms with Gasteiger partial charge in [-0.2, -0.15) is 40.1 Å². The van der Waals surface area contributed by atoms with Crippen LogP contribution in [0.3, 0.4) is 0 Å². The van der Waals surface area contributed by atoms with E-state index in [9.17, 15) is 0 Å². The molecule has 0 atom stereocenters. The summed E-state index contributed by atoms with van der Waals surface area (Å²) in [6, 6.07) is 0. The van der Waals surface area contributed by atoms with Gasteiger partial charge in [-0.15, -0.1) is 0 Å². The quantitative estimate of drug-likeness (QED) is 0.110. The fraction of sp³-hybridized carbons (Fsp3) is 0.562. The molecule has 0 saturated carbocycles. The topological polar surface area (TPSA) is 139 Å². The van der Waals surface area contributed by atoms with E-state index in [1.54, 1.807) is 12.4 Å². The van der Waals surface area contributed by atoms with E-state index in [4.69, 9.17) is 0 Å². The Morgan fingerprint density at radius 3 is 0.978 bits per heavy atom. The lowest BCUT2D eigenvalue weighted by Crippen LogP contribution is -2.29. The highest BCUT2D eigenvalue weighted by molar-refractivity contribution is 5.79. The molecule has 14 nitrogen and oxygen atoms in total.